The van der Waals surface area contributed by atoms with E-state index in [1.165, 1.54) is 22.2 Å². The Balaban J connectivity index is 2.22. The third-order valence-electron chi connectivity index (χ3n) is 8.58. The summed E-state index contributed by atoms with van der Waals surface area (Å²) >= 11 is 0. The highest BCUT2D eigenvalue weighted by molar-refractivity contribution is 5.98. The number of imidazole rings is 1. The van der Waals surface area contributed by atoms with Crippen molar-refractivity contribution in [2.45, 2.75) is 91.5 Å². The summed E-state index contributed by atoms with van der Waals surface area (Å²) in [5, 5.41) is 1.10. The predicted molar refractivity (Wildman–Crippen MR) is 130 cm³/mol. The molecular formula is C28H35FN3+. The average molecular weight is 433 g/mol. The molecule has 0 saturated carbocycles. The first-order valence-electron chi connectivity index (χ1n) is 11.9. The fourth-order valence-electron chi connectivity index (χ4n) is 6.08. The van der Waals surface area contributed by atoms with E-state index in [9.17, 15) is 0 Å². The number of nitrogens with zero attached hydrogens (tertiary/aromatic N) is 3. The van der Waals surface area contributed by atoms with Crippen molar-refractivity contribution in [3.8, 4) is 0 Å². The molecule has 1 aliphatic heterocycles. The molecule has 2 unspecified atom stereocenters. The van der Waals surface area contributed by atoms with Crippen LogP contribution in [0.25, 0.3) is 27.6 Å². The smallest absolute Gasteiger partial charge is 0.216 e. The van der Waals surface area contributed by atoms with E-state index in [4.69, 9.17) is 4.98 Å². The first kappa shape index (κ1) is 21.4. The van der Waals surface area contributed by atoms with Gasteiger partial charge in [-0.05, 0) is 68.5 Å². The normalized spacial score (nSPS) is 23.2. The SMILES string of the molecule is CCC1(C)c2cc(F)cc3nc(C(C)(C)C)n4c5cc(C)c(C)cc5[n+](c4c23)C1(C)CC. The van der Waals surface area contributed by atoms with Gasteiger partial charge in [-0.25, -0.2) is 13.9 Å². The van der Waals surface area contributed by atoms with Crippen molar-refractivity contribution in [3.63, 3.8) is 0 Å². The molecule has 2 aromatic heterocycles. The Morgan fingerprint density at radius 2 is 1.66 bits per heavy atom. The molecule has 0 spiro atoms. The molecule has 5 rings (SSSR count). The summed E-state index contributed by atoms with van der Waals surface area (Å²) in [6, 6.07) is 8.05. The predicted octanol–water partition coefficient (Wildman–Crippen LogP) is 6.79. The van der Waals surface area contributed by atoms with Crippen LogP contribution in [0.1, 0.15) is 83.8 Å². The van der Waals surface area contributed by atoms with Gasteiger partial charge in [0.2, 0.25) is 5.82 Å². The number of halogens is 1. The standard InChI is InChI=1S/C28H35FN3/c1-10-27(8)19-14-18(29)15-20-23(19)24-31(25(30-20)26(5,6)7)21-12-16(3)17(4)13-22(21)32(24)28(27,9)11-2/h12-15H,10-11H2,1-9H3/q+1. The average Bonchev–Trinajstić information content (AvgIpc) is 3.04. The van der Waals surface area contributed by atoms with Gasteiger partial charge in [0.1, 0.15) is 11.4 Å². The molecule has 2 atom stereocenters. The van der Waals surface area contributed by atoms with Crippen molar-refractivity contribution in [2.75, 3.05) is 0 Å². The van der Waals surface area contributed by atoms with Crippen molar-refractivity contribution >= 4 is 27.6 Å². The van der Waals surface area contributed by atoms with Gasteiger partial charge in [0.25, 0.3) is 5.65 Å². The van der Waals surface area contributed by atoms with Crippen LogP contribution in [0.3, 0.4) is 0 Å². The lowest BCUT2D eigenvalue weighted by Crippen LogP contribution is -2.66. The maximum absolute atomic E-state index is 15.0. The molecule has 2 aromatic carbocycles. The Hall–Kier alpha value is -2.49. The van der Waals surface area contributed by atoms with Gasteiger partial charge in [0.05, 0.1) is 10.9 Å². The molecule has 0 radical (unpaired) electrons. The van der Waals surface area contributed by atoms with Crippen molar-refractivity contribution in [3.05, 3.63) is 52.6 Å². The quantitative estimate of drug-likeness (QED) is 0.320. The number of hydrogen-bond acceptors (Lipinski definition) is 1. The Kier molecular flexibility index (Phi) is 4.21. The number of aromatic nitrogens is 3. The highest BCUT2D eigenvalue weighted by Crippen LogP contribution is 2.50. The van der Waals surface area contributed by atoms with Gasteiger partial charge >= 0.3 is 0 Å². The van der Waals surface area contributed by atoms with Crippen LogP contribution >= 0.6 is 0 Å². The number of hydrogen-bond donors (Lipinski definition) is 0. The first-order valence-corrected chi connectivity index (χ1v) is 11.9. The molecule has 0 bridgehead atoms. The summed E-state index contributed by atoms with van der Waals surface area (Å²) in [7, 11) is 0. The molecule has 3 nitrogen and oxygen atoms in total. The van der Waals surface area contributed by atoms with Crippen LogP contribution in [0.4, 0.5) is 4.39 Å². The molecule has 168 valence electrons. The fraction of sp³-hybridized carbons (Fsp3) is 0.500. The van der Waals surface area contributed by atoms with Crippen molar-refractivity contribution in [1.29, 1.82) is 0 Å². The van der Waals surface area contributed by atoms with Gasteiger partial charge in [0, 0.05) is 16.9 Å². The molecule has 0 amide bonds. The molecule has 32 heavy (non-hydrogen) atoms. The molecule has 0 aliphatic carbocycles. The van der Waals surface area contributed by atoms with Crippen molar-refractivity contribution < 1.29 is 8.96 Å². The highest BCUT2D eigenvalue weighted by atomic mass is 19.1. The van der Waals surface area contributed by atoms with Crippen LogP contribution < -0.4 is 4.57 Å². The van der Waals surface area contributed by atoms with Crippen LogP contribution in [-0.4, -0.2) is 9.38 Å². The summed E-state index contributed by atoms with van der Waals surface area (Å²) < 4.78 is 20.0. The second kappa shape index (κ2) is 6.30. The zero-order valence-corrected chi connectivity index (χ0v) is 20.9. The topological polar surface area (TPSA) is 21.2 Å². The van der Waals surface area contributed by atoms with Gasteiger partial charge < -0.3 is 0 Å². The summed E-state index contributed by atoms with van der Waals surface area (Å²) in [5.74, 6) is 0.778. The Morgan fingerprint density at radius 1 is 1.00 bits per heavy atom. The number of aryl methyl sites for hydroxylation is 2. The largest absolute Gasteiger partial charge is 0.299 e. The Labute approximate surface area is 190 Å². The maximum atomic E-state index is 15.0. The Bertz CT molecular complexity index is 1440. The van der Waals surface area contributed by atoms with E-state index < -0.39 is 0 Å². The number of benzene rings is 2. The van der Waals surface area contributed by atoms with Gasteiger partial charge in [-0.15, -0.1) is 0 Å². The van der Waals surface area contributed by atoms with Crippen LogP contribution in [0, 0.1) is 19.7 Å². The second-order valence-corrected chi connectivity index (χ2v) is 11.3. The van der Waals surface area contributed by atoms with Crippen LogP contribution in [-0.2, 0) is 16.4 Å². The summed E-state index contributed by atoms with van der Waals surface area (Å²) in [5.41, 5.74) is 7.39. The Morgan fingerprint density at radius 3 is 2.25 bits per heavy atom. The zero-order valence-electron chi connectivity index (χ0n) is 20.9. The molecule has 4 heteroatoms. The van der Waals surface area contributed by atoms with E-state index in [-0.39, 0.29) is 22.2 Å². The zero-order chi connectivity index (χ0) is 23.4. The first-order chi connectivity index (χ1) is 14.9. The lowest BCUT2D eigenvalue weighted by Gasteiger charge is -2.46. The molecular weight excluding hydrogens is 397 g/mol. The minimum absolute atomic E-state index is 0.196. The van der Waals surface area contributed by atoms with Gasteiger partial charge in [-0.1, -0.05) is 41.5 Å². The minimum atomic E-state index is -0.224. The molecule has 1 aliphatic rings. The molecule has 0 N–H and O–H groups in total. The minimum Gasteiger partial charge on any atom is -0.216 e. The van der Waals surface area contributed by atoms with E-state index >= 15 is 4.39 Å². The molecule has 3 heterocycles. The molecule has 4 aromatic rings. The lowest BCUT2D eigenvalue weighted by atomic mass is 9.62. The van der Waals surface area contributed by atoms with Crippen LogP contribution in [0.5, 0.6) is 0 Å². The monoisotopic (exact) mass is 432 g/mol. The third-order valence-corrected chi connectivity index (χ3v) is 8.58. The lowest BCUT2D eigenvalue weighted by molar-refractivity contribution is -0.728. The van der Waals surface area contributed by atoms with Gasteiger partial charge in [-0.3, -0.25) is 0 Å². The van der Waals surface area contributed by atoms with E-state index in [0.29, 0.717) is 0 Å². The van der Waals surface area contributed by atoms with Crippen LogP contribution in [0.2, 0.25) is 0 Å². The van der Waals surface area contributed by atoms with Crippen molar-refractivity contribution in [2.24, 2.45) is 0 Å². The van der Waals surface area contributed by atoms with E-state index in [1.54, 1.807) is 12.1 Å². The van der Waals surface area contributed by atoms with Crippen LogP contribution in [0.15, 0.2) is 24.3 Å². The molecule has 0 saturated heterocycles. The van der Waals surface area contributed by atoms with Crippen molar-refractivity contribution in [1.82, 2.24) is 9.38 Å². The summed E-state index contributed by atoms with van der Waals surface area (Å²) in [4.78, 5) is 5.13. The maximum Gasteiger partial charge on any atom is 0.299 e. The summed E-state index contributed by atoms with van der Waals surface area (Å²) in [6.45, 7) is 20.1. The van der Waals surface area contributed by atoms with Gasteiger partial charge in [-0.2, -0.15) is 4.40 Å². The fourth-order valence-corrected chi connectivity index (χ4v) is 6.08. The highest BCUT2D eigenvalue weighted by Gasteiger charge is 2.55. The molecule has 0 fully saturated rings. The second-order valence-electron chi connectivity index (χ2n) is 11.3. The van der Waals surface area contributed by atoms with E-state index in [2.05, 4.69) is 83.4 Å². The number of fused-ring (bicyclic) bond motifs is 3. The summed E-state index contributed by atoms with van der Waals surface area (Å²) in [6.07, 6.45) is 1.88. The van der Waals surface area contributed by atoms with Gasteiger partial charge in [0.15, 0.2) is 11.0 Å². The van der Waals surface area contributed by atoms with E-state index in [0.717, 1.165) is 40.8 Å². The third kappa shape index (κ3) is 2.36. The number of rotatable bonds is 2. The van der Waals surface area contributed by atoms with E-state index in [1.807, 2.05) is 0 Å².